The second-order valence-electron chi connectivity index (χ2n) is 9.60. The van der Waals surface area contributed by atoms with Crippen LogP contribution in [0.2, 0.25) is 0 Å². The second-order valence-corrected chi connectivity index (χ2v) is 9.60. The molecule has 0 radical (unpaired) electrons. The van der Waals surface area contributed by atoms with Crippen molar-refractivity contribution in [3.05, 3.63) is 0 Å². The van der Waals surface area contributed by atoms with Crippen molar-refractivity contribution in [3.8, 4) is 0 Å². The molecule has 2 heterocycles. The highest BCUT2D eigenvalue weighted by Crippen LogP contribution is 2.36. The van der Waals surface area contributed by atoms with Gasteiger partial charge in [0.05, 0.1) is 13.2 Å². The summed E-state index contributed by atoms with van der Waals surface area (Å²) in [5, 5.41) is 70.1. The Morgan fingerprint density at radius 2 is 1.39 bits per heavy atom. The molecule has 2 saturated heterocycles. The highest BCUT2D eigenvalue weighted by molar-refractivity contribution is 5.69. The van der Waals surface area contributed by atoms with Crippen molar-refractivity contribution >= 4 is 5.97 Å². The Morgan fingerprint density at radius 3 is 1.92 bits per heavy atom. The Hall–Kier alpha value is -0.930. The number of aliphatic hydroxyl groups excluding tert-OH is 7. The number of carbonyl (C=O) groups excluding carboxylic acids is 1. The normalized spacial score (nSPS) is 36.8. The first-order valence-electron chi connectivity index (χ1n) is 13.0. The molecule has 212 valence electrons. The molecule has 0 amide bonds. The van der Waals surface area contributed by atoms with E-state index >= 15 is 0 Å². The zero-order chi connectivity index (χ0) is 26.7. The van der Waals surface area contributed by atoms with Gasteiger partial charge < -0.3 is 54.7 Å². The van der Waals surface area contributed by atoms with Gasteiger partial charge >= 0.3 is 5.97 Å². The van der Waals surface area contributed by atoms with Crippen molar-refractivity contribution in [2.24, 2.45) is 0 Å². The van der Waals surface area contributed by atoms with E-state index in [0.29, 0.717) is 6.42 Å². The molecule has 2 fully saturated rings. The molecule has 7 N–H and O–H groups in total. The Morgan fingerprint density at radius 1 is 0.806 bits per heavy atom. The summed E-state index contributed by atoms with van der Waals surface area (Å²) >= 11 is 0. The molecule has 9 atom stereocenters. The van der Waals surface area contributed by atoms with E-state index in [1.165, 1.54) is 25.7 Å². The molecule has 8 unspecified atom stereocenters. The molecule has 12 nitrogen and oxygen atoms in total. The van der Waals surface area contributed by atoms with E-state index in [0.717, 1.165) is 25.7 Å². The first-order chi connectivity index (χ1) is 17.2. The van der Waals surface area contributed by atoms with Gasteiger partial charge in [-0.2, -0.15) is 0 Å². The number of hydrogen-bond donors (Lipinski definition) is 7. The van der Waals surface area contributed by atoms with Gasteiger partial charge in [0.25, 0.3) is 0 Å². The van der Waals surface area contributed by atoms with Crippen LogP contribution in [0.15, 0.2) is 0 Å². The third kappa shape index (κ3) is 8.03. The largest absolute Gasteiger partial charge is 0.454 e. The van der Waals surface area contributed by atoms with Crippen LogP contribution in [0.25, 0.3) is 0 Å². The minimum Gasteiger partial charge on any atom is -0.454 e. The molecule has 2 aliphatic rings. The Balaban J connectivity index is 1.96. The molecule has 2 rings (SSSR count). The Bertz CT molecular complexity index is 636. The summed E-state index contributed by atoms with van der Waals surface area (Å²) in [6.07, 6.45) is -3.07. The highest BCUT2D eigenvalue weighted by Gasteiger charge is 2.59. The number of ether oxygens (including phenoxy) is 4. The van der Waals surface area contributed by atoms with Crippen LogP contribution in [-0.4, -0.2) is 116 Å². The van der Waals surface area contributed by atoms with E-state index in [2.05, 4.69) is 6.92 Å². The number of rotatable bonds is 16. The summed E-state index contributed by atoms with van der Waals surface area (Å²) in [5.41, 5.74) is 0. The zero-order valence-electron chi connectivity index (χ0n) is 21.0. The third-order valence-electron chi connectivity index (χ3n) is 6.80. The molecule has 0 saturated carbocycles. The standard InChI is InChI=1S/C24H44O12/c1-2-3-4-5-6-7-8-9-10-11-17(28)34-21-20(31)18(29)15(12-25)33-23(21)36-24(14-27)22(32)19(30)16(13-26)35-24/h15-16,18-23,25-27,29-32H,2-14H2,1H3/t15?,16?,18?,19?,20?,21?,22?,23?,24-/m1/s1. The lowest BCUT2D eigenvalue weighted by Crippen LogP contribution is -2.63. The van der Waals surface area contributed by atoms with Crippen LogP contribution >= 0.6 is 0 Å². The molecule has 0 spiro atoms. The first kappa shape index (κ1) is 31.3. The Kier molecular flexibility index (Phi) is 13.4. The maximum atomic E-state index is 12.5. The van der Waals surface area contributed by atoms with Crippen LogP contribution in [0.4, 0.5) is 0 Å². The summed E-state index contributed by atoms with van der Waals surface area (Å²) in [6.45, 7) is -0.213. The number of esters is 1. The summed E-state index contributed by atoms with van der Waals surface area (Å²) in [7, 11) is 0. The van der Waals surface area contributed by atoms with Crippen molar-refractivity contribution in [2.75, 3.05) is 19.8 Å². The van der Waals surface area contributed by atoms with Crippen LogP contribution in [-0.2, 0) is 23.7 Å². The van der Waals surface area contributed by atoms with E-state index < -0.39 is 80.6 Å². The summed E-state index contributed by atoms with van der Waals surface area (Å²) < 4.78 is 21.8. The van der Waals surface area contributed by atoms with Crippen molar-refractivity contribution in [2.45, 2.75) is 126 Å². The first-order valence-corrected chi connectivity index (χ1v) is 13.0. The SMILES string of the molecule is CCCCCCCCCCCC(=O)OC1C(O[C@@]2(CO)OC(CO)C(O)C2O)OC(CO)C(O)C1O. The molecule has 0 bridgehead atoms. The highest BCUT2D eigenvalue weighted by atomic mass is 16.8. The molecule has 36 heavy (non-hydrogen) atoms. The minimum atomic E-state index is -2.28. The molecule has 0 aromatic carbocycles. The van der Waals surface area contributed by atoms with Crippen LogP contribution in [0.3, 0.4) is 0 Å². The van der Waals surface area contributed by atoms with Crippen molar-refractivity contribution < 1.29 is 59.5 Å². The van der Waals surface area contributed by atoms with Gasteiger partial charge in [-0.1, -0.05) is 58.3 Å². The lowest BCUT2D eigenvalue weighted by Gasteiger charge is -2.44. The van der Waals surface area contributed by atoms with Crippen molar-refractivity contribution in [1.82, 2.24) is 0 Å². The Labute approximate surface area is 211 Å². The third-order valence-corrected chi connectivity index (χ3v) is 6.80. The lowest BCUT2D eigenvalue weighted by atomic mass is 9.98. The molecule has 2 aliphatic heterocycles. The number of hydrogen-bond acceptors (Lipinski definition) is 12. The van der Waals surface area contributed by atoms with E-state index in [1.807, 2.05) is 0 Å². The fraction of sp³-hybridized carbons (Fsp3) is 0.958. The summed E-state index contributed by atoms with van der Waals surface area (Å²) in [4.78, 5) is 12.5. The van der Waals surface area contributed by atoms with Gasteiger partial charge in [-0.05, 0) is 6.42 Å². The second kappa shape index (κ2) is 15.5. The molecule has 12 heteroatoms. The maximum Gasteiger partial charge on any atom is 0.306 e. The quantitative estimate of drug-likeness (QED) is 0.0970. The monoisotopic (exact) mass is 524 g/mol. The van der Waals surface area contributed by atoms with Gasteiger partial charge in [-0.3, -0.25) is 4.79 Å². The fourth-order valence-electron chi connectivity index (χ4n) is 4.53. The van der Waals surface area contributed by atoms with Gasteiger partial charge in [-0.25, -0.2) is 0 Å². The molecule has 0 aromatic heterocycles. The van der Waals surface area contributed by atoms with E-state index in [1.54, 1.807) is 0 Å². The minimum absolute atomic E-state index is 0.0564. The maximum absolute atomic E-state index is 12.5. The molecular formula is C24H44O12. The van der Waals surface area contributed by atoms with E-state index in [4.69, 9.17) is 18.9 Å². The number of unbranched alkanes of at least 4 members (excludes halogenated alkanes) is 8. The van der Waals surface area contributed by atoms with E-state index in [9.17, 15) is 40.5 Å². The topological polar surface area (TPSA) is 196 Å². The van der Waals surface area contributed by atoms with E-state index in [-0.39, 0.29) is 6.42 Å². The van der Waals surface area contributed by atoms with Gasteiger partial charge in [0.15, 0.2) is 6.10 Å². The average molecular weight is 525 g/mol. The predicted octanol–water partition coefficient (Wildman–Crippen LogP) is -0.924. The van der Waals surface area contributed by atoms with Crippen LogP contribution in [0.5, 0.6) is 0 Å². The van der Waals surface area contributed by atoms with Crippen LogP contribution < -0.4 is 0 Å². The van der Waals surface area contributed by atoms with Crippen molar-refractivity contribution in [3.63, 3.8) is 0 Å². The zero-order valence-corrected chi connectivity index (χ0v) is 21.0. The number of carbonyl (C=O) groups is 1. The lowest BCUT2D eigenvalue weighted by molar-refractivity contribution is -0.384. The predicted molar refractivity (Wildman–Crippen MR) is 124 cm³/mol. The van der Waals surface area contributed by atoms with Gasteiger partial charge in [-0.15, -0.1) is 0 Å². The summed E-state index contributed by atoms with van der Waals surface area (Å²) in [6, 6.07) is 0. The summed E-state index contributed by atoms with van der Waals surface area (Å²) in [5.74, 6) is -2.95. The molecule has 0 aliphatic carbocycles. The molecule has 0 aromatic rings. The number of aliphatic hydroxyl groups is 7. The van der Waals surface area contributed by atoms with Crippen molar-refractivity contribution in [1.29, 1.82) is 0 Å². The van der Waals surface area contributed by atoms with Gasteiger partial charge in [0.2, 0.25) is 12.1 Å². The fourth-order valence-corrected chi connectivity index (χ4v) is 4.53. The average Bonchev–Trinajstić information content (AvgIpc) is 3.12. The van der Waals surface area contributed by atoms with Crippen LogP contribution in [0.1, 0.15) is 71.1 Å². The van der Waals surface area contributed by atoms with Gasteiger partial charge in [0.1, 0.15) is 43.2 Å². The van der Waals surface area contributed by atoms with Gasteiger partial charge in [0, 0.05) is 6.42 Å². The van der Waals surface area contributed by atoms with Crippen LogP contribution in [0, 0.1) is 0 Å². The molecular weight excluding hydrogens is 480 g/mol. The smallest absolute Gasteiger partial charge is 0.306 e.